The summed E-state index contributed by atoms with van der Waals surface area (Å²) >= 11 is 7.40. The number of primary amides is 1. The molecule has 2 aromatic heterocycles. The summed E-state index contributed by atoms with van der Waals surface area (Å²) in [5, 5.41) is 0.797. The first-order valence-corrected chi connectivity index (χ1v) is 7.79. The van der Waals surface area contributed by atoms with Gasteiger partial charge in [0.15, 0.2) is 0 Å². The van der Waals surface area contributed by atoms with Crippen LogP contribution in [0.15, 0.2) is 41.2 Å². The molecule has 3 rings (SSSR count). The molecule has 7 heteroatoms. The summed E-state index contributed by atoms with van der Waals surface area (Å²) in [5.74, 6) is -0.463. The number of thiophene rings is 1. The highest BCUT2D eigenvalue weighted by Gasteiger charge is 2.15. The van der Waals surface area contributed by atoms with Gasteiger partial charge in [-0.1, -0.05) is 41.9 Å². The number of amides is 1. The SMILES string of the molecule is NC(=O)CCn1c(=O)nc(-c2ccccc2)c2cc(Cl)sc21. The standard InChI is InChI=1S/C15H12ClN3O2S/c16-11-8-10-13(9-4-2-1-3-5-9)18-15(21)19(14(10)22-11)7-6-12(17)20/h1-5,8H,6-7H2,(H2,17,20). The Kier molecular flexibility index (Phi) is 3.96. The summed E-state index contributed by atoms with van der Waals surface area (Å²) < 4.78 is 2.01. The van der Waals surface area contributed by atoms with Crippen molar-refractivity contribution < 1.29 is 4.79 Å². The van der Waals surface area contributed by atoms with E-state index in [0.717, 1.165) is 10.9 Å². The Morgan fingerprint density at radius 2 is 2.05 bits per heavy atom. The highest BCUT2D eigenvalue weighted by molar-refractivity contribution is 7.22. The van der Waals surface area contributed by atoms with Crippen LogP contribution in [0.4, 0.5) is 0 Å². The van der Waals surface area contributed by atoms with Gasteiger partial charge in [-0.2, -0.15) is 4.98 Å². The first-order valence-electron chi connectivity index (χ1n) is 6.60. The number of benzene rings is 1. The molecule has 0 saturated heterocycles. The molecular weight excluding hydrogens is 322 g/mol. The molecule has 2 N–H and O–H groups in total. The monoisotopic (exact) mass is 333 g/mol. The lowest BCUT2D eigenvalue weighted by molar-refractivity contribution is -0.118. The lowest BCUT2D eigenvalue weighted by Gasteiger charge is -2.08. The maximum absolute atomic E-state index is 12.3. The fourth-order valence-electron chi connectivity index (χ4n) is 2.26. The van der Waals surface area contributed by atoms with Gasteiger partial charge < -0.3 is 5.73 Å². The fourth-order valence-corrected chi connectivity index (χ4v) is 3.50. The van der Waals surface area contributed by atoms with E-state index in [2.05, 4.69) is 4.98 Å². The number of halogens is 1. The third-order valence-electron chi connectivity index (χ3n) is 3.25. The van der Waals surface area contributed by atoms with Gasteiger partial charge in [-0.15, -0.1) is 11.3 Å². The second kappa shape index (κ2) is 5.90. The van der Waals surface area contributed by atoms with E-state index in [1.165, 1.54) is 15.9 Å². The number of nitrogens with zero attached hydrogens (tertiary/aromatic N) is 2. The van der Waals surface area contributed by atoms with Gasteiger partial charge in [0.25, 0.3) is 0 Å². The van der Waals surface area contributed by atoms with Gasteiger partial charge >= 0.3 is 5.69 Å². The average Bonchev–Trinajstić information content (AvgIpc) is 2.87. The molecule has 1 amide bonds. The van der Waals surface area contributed by atoms with Crippen LogP contribution in [0.2, 0.25) is 4.34 Å². The molecule has 0 saturated carbocycles. The molecule has 0 fully saturated rings. The van der Waals surface area contributed by atoms with E-state index in [-0.39, 0.29) is 13.0 Å². The first kappa shape index (κ1) is 14.7. The van der Waals surface area contributed by atoms with Crippen molar-refractivity contribution in [2.75, 3.05) is 0 Å². The van der Waals surface area contributed by atoms with Gasteiger partial charge in [0.05, 0.1) is 10.0 Å². The molecule has 0 aliphatic rings. The van der Waals surface area contributed by atoms with Gasteiger partial charge in [0.1, 0.15) is 4.83 Å². The molecule has 1 aromatic carbocycles. The number of aromatic nitrogens is 2. The van der Waals surface area contributed by atoms with E-state index < -0.39 is 11.6 Å². The zero-order valence-electron chi connectivity index (χ0n) is 11.5. The van der Waals surface area contributed by atoms with Crippen LogP contribution in [0.25, 0.3) is 21.5 Å². The van der Waals surface area contributed by atoms with Gasteiger partial charge in [0.2, 0.25) is 5.91 Å². The molecule has 2 heterocycles. The van der Waals surface area contributed by atoms with Crippen molar-refractivity contribution in [1.82, 2.24) is 9.55 Å². The lowest BCUT2D eigenvalue weighted by atomic mass is 10.1. The van der Waals surface area contributed by atoms with E-state index >= 15 is 0 Å². The van der Waals surface area contributed by atoms with Crippen LogP contribution in [0.5, 0.6) is 0 Å². The minimum atomic E-state index is -0.463. The molecule has 0 aliphatic heterocycles. The number of rotatable bonds is 4. The summed E-state index contributed by atoms with van der Waals surface area (Å²) in [7, 11) is 0. The molecule has 0 unspecified atom stereocenters. The molecule has 112 valence electrons. The number of carbonyl (C=O) groups excluding carboxylic acids is 1. The predicted molar refractivity (Wildman–Crippen MR) is 88.1 cm³/mol. The topological polar surface area (TPSA) is 78.0 Å². The van der Waals surface area contributed by atoms with Crippen LogP contribution in [0.3, 0.4) is 0 Å². The quantitative estimate of drug-likeness (QED) is 0.797. The van der Waals surface area contributed by atoms with Gasteiger partial charge in [-0.3, -0.25) is 9.36 Å². The Morgan fingerprint density at radius 1 is 1.32 bits per heavy atom. The molecule has 5 nitrogen and oxygen atoms in total. The Balaban J connectivity index is 2.23. The van der Waals surface area contributed by atoms with Crippen molar-refractivity contribution in [2.45, 2.75) is 13.0 Å². The number of aryl methyl sites for hydroxylation is 1. The van der Waals surface area contributed by atoms with Crippen molar-refractivity contribution in [3.8, 4) is 11.3 Å². The highest BCUT2D eigenvalue weighted by Crippen LogP contribution is 2.34. The molecule has 22 heavy (non-hydrogen) atoms. The summed E-state index contributed by atoms with van der Waals surface area (Å²) in [4.78, 5) is 28.2. The Morgan fingerprint density at radius 3 is 2.73 bits per heavy atom. The second-order valence-corrected chi connectivity index (χ2v) is 6.41. The number of hydrogen-bond donors (Lipinski definition) is 1. The van der Waals surface area contributed by atoms with Crippen molar-refractivity contribution in [3.05, 3.63) is 51.2 Å². The Bertz CT molecular complexity index is 902. The minimum Gasteiger partial charge on any atom is -0.370 e. The minimum absolute atomic E-state index is 0.0802. The Labute approximate surface area is 135 Å². The highest BCUT2D eigenvalue weighted by atomic mass is 35.5. The maximum Gasteiger partial charge on any atom is 0.349 e. The smallest absolute Gasteiger partial charge is 0.349 e. The third-order valence-corrected chi connectivity index (χ3v) is 4.54. The van der Waals surface area contributed by atoms with Crippen LogP contribution in [0.1, 0.15) is 6.42 Å². The number of carbonyl (C=O) groups is 1. The van der Waals surface area contributed by atoms with Gasteiger partial charge in [-0.05, 0) is 6.07 Å². The van der Waals surface area contributed by atoms with Crippen molar-refractivity contribution in [3.63, 3.8) is 0 Å². The second-order valence-electron chi connectivity index (χ2n) is 4.75. The predicted octanol–water partition coefficient (Wildman–Crippen LogP) is 2.65. The Hall–Kier alpha value is -2.18. The molecule has 0 atom stereocenters. The molecular formula is C15H12ClN3O2S. The van der Waals surface area contributed by atoms with E-state index in [0.29, 0.717) is 14.9 Å². The molecule has 0 aliphatic carbocycles. The van der Waals surface area contributed by atoms with E-state index in [1.54, 1.807) is 6.07 Å². The van der Waals surface area contributed by atoms with E-state index in [9.17, 15) is 9.59 Å². The van der Waals surface area contributed by atoms with Crippen molar-refractivity contribution >= 4 is 39.1 Å². The number of nitrogens with two attached hydrogens (primary N) is 1. The first-order chi connectivity index (χ1) is 10.6. The third kappa shape index (κ3) is 2.75. The lowest BCUT2D eigenvalue weighted by Crippen LogP contribution is -2.25. The normalized spacial score (nSPS) is 11.0. The van der Waals surface area contributed by atoms with Crippen LogP contribution in [-0.4, -0.2) is 15.5 Å². The zero-order chi connectivity index (χ0) is 15.7. The number of fused-ring (bicyclic) bond motifs is 1. The summed E-state index contributed by atoms with van der Waals surface area (Å²) in [6.45, 7) is 0.198. The van der Waals surface area contributed by atoms with Crippen LogP contribution in [0, 0.1) is 0 Å². The van der Waals surface area contributed by atoms with Crippen molar-refractivity contribution in [1.29, 1.82) is 0 Å². The summed E-state index contributed by atoms with van der Waals surface area (Å²) in [6, 6.07) is 11.2. The maximum atomic E-state index is 12.3. The molecule has 3 aromatic rings. The molecule has 0 bridgehead atoms. The van der Waals surface area contributed by atoms with Crippen molar-refractivity contribution in [2.24, 2.45) is 5.73 Å². The largest absolute Gasteiger partial charge is 0.370 e. The van der Waals surface area contributed by atoms with Crippen LogP contribution >= 0.6 is 22.9 Å². The van der Waals surface area contributed by atoms with Crippen LogP contribution < -0.4 is 11.4 Å². The van der Waals surface area contributed by atoms with Crippen LogP contribution in [-0.2, 0) is 11.3 Å². The zero-order valence-corrected chi connectivity index (χ0v) is 13.0. The average molecular weight is 334 g/mol. The van der Waals surface area contributed by atoms with Gasteiger partial charge in [-0.25, -0.2) is 4.79 Å². The van der Waals surface area contributed by atoms with E-state index in [1.807, 2.05) is 30.3 Å². The summed E-state index contributed by atoms with van der Waals surface area (Å²) in [6.07, 6.45) is 0.0802. The number of hydrogen-bond acceptors (Lipinski definition) is 4. The van der Waals surface area contributed by atoms with Gasteiger partial charge in [0, 0.05) is 23.9 Å². The molecule has 0 radical (unpaired) electrons. The van der Waals surface area contributed by atoms with E-state index in [4.69, 9.17) is 17.3 Å². The summed E-state index contributed by atoms with van der Waals surface area (Å²) in [5.41, 5.74) is 6.20. The molecule has 0 spiro atoms. The fraction of sp³-hybridized carbons (Fsp3) is 0.133.